The van der Waals surface area contributed by atoms with Crippen LogP contribution in [-0.4, -0.2) is 33.9 Å². The minimum atomic E-state index is -0.253. The largest absolute Gasteiger partial charge is 0.465 e. The molecule has 2 aliphatic carbocycles. The van der Waals surface area contributed by atoms with E-state index in [1.165, 1.54) is 24.0 Å². The maximum atomic E-state index is 12.4. The summed E-state index contributed by atoms with van der Waals surface area (Å²) in [5, 5.41) is 7.93. The average molecular weight is 415 g/mol. The highest BCUT2D eigenvalue weighted by atomic mass is 32.1. The molecule has 4 rings (SSSR count). The number of allylic oxidation sites excluding steroid dienone is 2. The number of rotatable bonds is 5. The zero-order valence-corrected chi connectivity index (χ0v) is 18.3. The van der Waals surface area contributed by atoms with E-state index in [-0.39, 0.29) is 5.97 Å². The first-order valence-electron chi connectivity index (χ1n) is 10.5. The van der Waals surface area contributed by atoms with E-state index in [9.17, 15) is 4.79 Å². The number of carbonyl (C=O) groups is 1. The number of hydrogen-bond acceptors (Lipinski definition) is 6. The topological polar surface area (TPSA) is 69.0 Å². The summed E-state index contributed by atoms with van der Waals surface area (Å²) in [6.45, 7) is 4.63. The highest BCUT2D eigenvalue weighted by Gasteiger charge is 2.27. The van der Waals surface area contributed by atoms with Crippen molar-refractivity contribution in [3.8, 4) is 0 Å². The fourth-order valence-electron chi connectivity index (χ4n) is 4.31. The molecule has 1 fully saturated rings. The molecule has 1 saturated carbocycles. The van der Waals surface area contributed by atoms with Crippen molar-refractivity contribution in [2.45, 2.75) is 70.9 Å². The minimum absolute atomic E-state index is 0.253. The Balaban J connectivity index is 1.47. The summed E-state index contributed by atoms with van der Waals surface area (Å²) in [6, 6.07) is 2.94. The number of thiophene rings is 1. The number of nitrogens with zero attached hydrogens (tertiary/aromatic N) is 3. The lowest BCUT2D eigenvalue weighted by Crippen LogP contribution is -2.28. The van der Waals surface area contributed by atoms with Crippen LogP contribution in [0.25, 0.3) is 5.57 Å². The molecular formula is C22H30N4O2S. The second-order valence-corrected chi connectivity index (χ2v) is 10.0. The van der Waals surface area contributed by atoms with Gasteiger partial charge in [-0.15, -0.1) is 11.3 Å². The van der Waals surface area contributed by atoms with Gasteiger partial charge < -0.3 is 10.1 Å². The summed E-state index contributed by atoms with van der Waals surface area (Å²) in [5.41, 5.74) is 2.66. The molecular weight excluding hydrogens is 384 g/mol. The molecule has 2 heterocycles. The predicted octanol–water partition coefficient (Wildman–Crippen LogP) is 5.32. The number of methoxy groups -OCH3 is 1. The molecule has 7 heteroatoms. The van der Waals surface area contributed by atoms with E-state index in [2.05, 4.69) is 41.4 Å². The van der Waals surface area contributed by atoms with Crippen LogP contribution in [0.3, 0.4) is 0 Å². The molecule has 156 valence electrons. The monoisotopic (exact) mass is 414 g/mol. The van der Waals surface area contributed by atoms with Crippen molar-refractivity contribution in [2.24, 2.45) is 5.41 Å². The first kappa shape index (κ1) is 20.1. The summed E-state index contributed by atoms with van der Waals surface area (Å²) in [7, 11) is 1.46. The van der Waals surface area contributed by atoms with Crippen LogP contribution < -0.4 is 5.32 Å². The van der Waals surface area contributed by atoms with Crippen molar-refractivity contribution in [1.82, 2.24) is 14.8 Å². The summed E-state index contributed by atoms with van der Waals surface area (Å²) < 4.78 is 7.03. The van der Waals surface area contributed by atoms with Crippen molar-refractivity contribution < 1.29 is 9.53 Å². The van der Waals surface area contributed by atoms with E-state index in [1.54, 1.807) is 24.0 Å². The maximum absolute atomic E-state index is 12.4. The number of anilines is 1. The van der Waals surface area contributed by atoms with E-state index in [0.29, 0.717) is 22.4 Å². The molecule has 29 heavy (non-hydrogen) atoms. The van der Waals surface area contributed by atoms with Gasteiger partial charge in [0.1, 0.15) is 17.5 Å². The Morgan fingerprint density at radius 1 is 1.31 bits per heavy atom. The molecule has 0 aromatic carbocycles. The van der Waals surface area contributed by atoms with Gasteiger partial charge in [0.25, 0.3) is 0 Å². The first-order valence-corrected chi connectivity index (χ1v) is 11.3. The van der Waals surface area contributed by atoms with Crippen LogP contribution in [0.1, 0.15) is 79.4 Å². The Hall–Kier alpha value is -2.15. The third kappa shape index (κ3) is 4.55. The summed E-state index contributed by atoms with van der Waals surface area (Å²) >= 11 is 1.56. The van der Waals surface area contributed by atoms with Gasteiger partial charge in [-0.1, -0.05) is 19.9 Å². The molecule has 0 bridgehead atoms. The Labute approximate surface area is 176 Å². The second kappa shape index (κ2) is 8.30. The van der Waals surface area contributed by atoms with Gasteiger partial charge in [0.2, 0.25) is 0 Å². The molecule has 0 amide bonds. The van der Waals surface area contributed by atoms with Crippen LogP contribution in [0.15, 0.2) is 24.8 Å². The molecule has 6 nitrogen and oxygen atoms in total. The van der Waals surface area contributed by atoms with Crippen molar-refractivity contribution >= 4 is 28.6 Å². The summed E-state index contributed by atoms with van der Waals surface area (Å²) in [6.07, 6.45) is 13.3. The van der Waals surface area contributed by atoms with Crippen molar-refractivity contribution in [3.05, 3.63) is 34.6 Å². The van der Waals surface area contributed by atoms with E-state index >= 15 is 0 Å². The molecule has 0 unspecified atom stereocenters. The normalized spacial score (nSPS) is 24.0. The number of hydrogen-bond donors (Lipinski definition) is 1. The van der Waals surface area contributed by atoms with Crippen molar-refractivity contribution in [1.29, 1.82) is 0 Å². The SMILES string of the molecule is COC(=O)c1sc(C2=CCC(C)(C)CC2)cc1N[C@H]1CC[C@H](n2cncn2)CC1. The van der Waals surface area contributed by atoms with Gasteiger partial charge in [0.05, 0.1) is 18.8 Å². The van der Waals surface area contributed by atoms with Gasteiger partial charge in [0, 0.05) is 10.9 Å². The molecule has 2 aromatic heterocycles. The van der Waals surface area contributed by atoms with Gasteiger partial charge in [-0.2, -0.15) is 5.10 Å². The van der Waals surface area contributed by atoms with Gasteiger partial charge in [0.15, 0.2) is 0 Å². The zero-order valence-electron chi connectivity index (χ0n) is 17.5. The number of esters is 1. The highest BCUT2D eigenvalue weighted by molar-refractivity contribution is 7.15. The van der Waals surface area contributed by atoms with E-state index in [4.69, 9.17) is 4.74 Å². The standard InChI is InChI=1S/C22H30N4O2S/c1-22(2)10-8-15(9-11-22)19-12-18(20(29-19)21(27)28-3)25-16-4-6-17(7-5-16)26-14-23-13-24-26/h8,12-14,16-17,25H,4-7,9-11H2,1-3H3/t16-,17-. The van der Waals surface area contributed by atoms with Gasteiger partial charge in [-0.25, -0.2) is 14.5 Å². The lowest BCUT2D eigenvalue weighted by molar-refractivity contribution is 0.0607. The molecule has 2 aliphatic rings. The molecule has 0 saturated heterocycles. The predicted molar refractivity (Wildman–Crippen MR) is 116 cm³/mol. The lowest BCUT2D eigenvalue weighted by Gasteiger charge is -2.29. The van der Waals surface area contributed by atoms with Crippen LogP contribution in [0.2, 0.25) is 0 Å². The van der Waals surface area contributed by atoms with Gasteiger partial charge in [-0.3, -0.25) is 0 Å². The van der Waals surface area contributed by atoms with Crippen molar-refractivity contribution in [2.75, 3.05) is 12.4 Å². The molecule has 0 atom stereocenters. The van der Waals surface area contributed by atoms with E-state index < -0.39 is 0 Å². The zero-order chi connectivity index (χ0) is 20.4. The Kier molecular flexibility index (Phi) is 5.76. The minimum Gasteiger partial charge on any atom is -0.465 e. The van der Waals surface area contributed by atoms with E-state index in [0.717, 1.165) is 44.2 Å². The van der Waals surface area contributed by atoms with Gasteiger partial charge in [-0.05, 0) is 62.0 Å². The van der Waals surface area contributed by atoms with Crippen LogP contribution >= 0.6 is 11.3 Å². The van der Waals surface area contributed by atoms with Crippen molar-refractivity contribution in [3.63, 3.8) is 0 Å². The van der Waals surface area contributed by atoms with Crippen LogP contribution in [-0.2, 0) is 4.74 Å². The number of ether oxygens (including phenoxy) is 1. The van der Waals surface area contributed by atoms with E-state index in [1.807, 2.05) is 4.68 Å². The van der Waals surface area contributed by atoms with Crippen LogP contribution in [0.4, 0.5) is 5.69 Å². The number of carbonyl (C=O) groups excluding carboxylic acids is 1. The summed E-state index contributed by atoms with van der Waals surface area (Å²) in [4.78, 5) is 18.3. The fraction of sp³-hybridized carbons (Fsp3) is 0.591. The Morgan fingerprint density at radius 2 is 2.10 bits per heavy atom. The Bertz CT molecular complexity index is 877. The number of nitrogens with one attached hydrogen (secondary N) is 1. The average Bonchev–Trinajstić information content (AvgIpc) is 3.38. The first-order chi connectivity index (χ1) is 13.9. The third-order valence-electron chi connectivity index (χ3n) is 6.26. The highest BCUT2D eigenvalue weighted by Crippen LogP contribution is 2.42. The molecule has 0 aliphatic heterocycles. The van der Waals surface area contributed by atoms with Crippen LogP contribution in [0.5, 0.6) is 0 Å². The van der Waals surface area contributed by atoms with Crippen LogP contribution in [0, 0.1) is 5.41 Å². The third-order valence-corrected chi connectivity index (χ3v) is 7.45. The maximum Gasteiger partial charge on any atom is 0.350 e. The quantitative estimate of drug-likeness (QED) is 0.671. The molecule has 0 spiro atoms. The lowest BCUT2D eigenvalue weighted by atomic mass is 9.78. The second-order valence-electron chi connectivity index (χ2n) is 8.97. The molecule has 2 aromatic rings. The van der Waals surface area contributed by atoms with Gasteiger partial charge >= 0.3 is 5.97 Å². The molecule has 0 radical (unpaired) electrons. The molecule has 1 N–H and O–H groups in total. The fourth-order valence-corrected chi connectivity index (χ4v) is 5.42. The number of aromatic nitrogens is 3. The summed E-state index contributed by atoms with van der Waals surface area (Å²) in [5.74, 6) is -0.253. The Morgan fingerprint density at radius 3 is 2.72 bits per heavy atom. The smallest absolute Gasteiger partial charge is 0.350 e.